The third kappa shape index (κ3) is 2.16. The molecule has 5 nitrogen and oxygen atoms in total. The first-order valence-electron chi connectivity index (χ1n) is 6.61. The predicted octanol–water partition coefficient (Wildman–Crippen LogP) is 1.16. The standard InChI is InChI=1S/C15H16N4O/c1-19-13-3-2-10(8-11(13)9-15(19)20)12-5-7-17-14(18-12)4-6-16/h2-3,5,7-8H,4,6,9,16H2,1H3. The Morgan fingerprint density at radius 2 is 2.20 bits per heavy atom. The maximum absolute atomic E-state index is 11.7. The SMILES string of the molecule is CN1C(=O)Cc2cc(-c3ccnc(CCN)n3)ccc21. The number of anilines is 1. The zero-order chi connectivity index (χ0) is 14.1. The number of rotatable bonds is 3. The minimum absolute atomic E-state index is 0.128. The van der Waals surface area contributed by atoms with Crippen molar-refractivity contribution < 1.29 is 4.79 Å². The number of hydrogen-bond donors (Lipinski definition) is 1. The first kappa shape index (κ1) is 12.7. The Morgan fingerprint density at radius 1 is 1.35 bits per heavy atom. The summed E-state index contributed by atoms with van der Waals surface area (Å²) >= 11 is 0. The molecule has 2 aromatic rings. The molecule has 1 aliphatic heterocycles. The molecule has 1 amide bonds. The number of benzene rings is 1. The van der Waals surface area contributed by atoms with Crippen molar-refractivity contribution in [2.24, 2.45) is 5.73 Å². The van der Waals surface area contributed by atoms with E-state index in [0.29, 0.717) is 19.4 Å². The van der Waals surface area contributed by atoms with E-state index in [4.69, 9.17) is 5.73 Å². The number of nitrogens with two attached hydrogens (primary N) is 1. The Kier molecular flexibility index (Phi) is 3.20. The highest BCUT2D eigenvalue weighted by Gasteiger charge is 2.24. The third-order valence-electron chi connectivity index (χ3n) is 3.53. The highest BCUT2D eigenvalue weighted by atomic mass is 16.2. The second kappa shape index (κ2) is 5.02. The maximum Gasteiger partial charge on any atom is 0.231 e. The van der Waals surface area contributed by atoms with E-state index in [0.717, 1.165) is 28.3 Å². The van der Waals surface area contributed by atoms with Crippen LogP contribution >= 0.6 is 0 Å². The molecule has 20 heavy (non-hydrogen) atoms. The summed E-state index contributed by atoms with van der Waals surface area (Å²) in [5.41, 5.74) is 9.44. The Bertz CT molecular complexity index is 669. The van der Waals surface area contributed by atoms with Crippen LogP contribution in [0, 0.1) is 0 Å². The fraction of sp³-hybridized carbons (Fsp3) is 0.267. The quantitative estimate of drug-likeness (QED) is 0.906. The van der Waals surface area contributed by atoms with Crippen molar-refractivity contribution in [3.8, 4) is 11.3 Å². The van der Waals surface area contributed by atoms with Gasteiger partial charge in [-0.3, -0.25) is 4.79 Å². The van der Waals surface area contributed by atoms with Crippen molar-refractivity contribution in [2.45, 2.75) is 12.8 Å². The summed E-state index contributed by atoms with van der Waals surface area (Å²) in [7, 11) is 1.80. The Balaban J connectivity index is 1.98. The molecule has 2 N–H and O–H groups in total. The molecule has 102 valence electrons. The number of carbonyl (C=O) groups is 1. The van der Waals surface area contributed by atoms with Gasteiger partial charge in [-0.1, -0.05) is 6.07 Å². The Hall–Kier alpha value is -2.27. The highest BCUT2D eigenvalue weighted by Crippen LogP contribution is 2.31. The van der Waals surface area contributed by atoms with Gasteiger partial charge in [0.2, 0.25) is 5.91 Å². The van der Waals surface area contributed by atoms with Crippen molar-refractivity contribution in [1.29, 1.82) is 0 Å². The number of hydrogen-bond acceptors (Lipinski definition) is 4. The molecule has 2 heterocycles. The lowest BCUT2D eigenvalue weighted by Gasteiger charge is -2.10. The number of aromatic nitrogens is 2. The van der Waals surface area contributed by atoms with Gasteiger partial charge in [0.25, 0.3) is 0 Å². The average Bonchev–Trinajstić information content (AvgIpc) is 2.74. The van der Waals surface area contributed by atoms with Gasteiger partial charge in [-0.25, -0.2) is 9.97 Å². The molecule has 3 rings (SSSR count). The summed E-state index contributed by atoms with van der Waals surface area (Å²) < 4.78 is 0. The van der Waals surface area contributed by atoms with E-state index in [1.165, 1.54) is 0 Å². The van der Waals surface area contributed by atoms with Gasteiger partial charge in [-0.15, -0.1) is 0 Å². The van der Waals surface area contributed by atoms with Crippen molar-refractivity contribution in [2.75, 3.05) is 18.5 Å². The molecule has 0 saturated heterocycles. The van der Waals surface area contributed by atoms with Gasteiger partial charge in [0, 0.05) is 30.9 Å². The van der Waals surface area contributed by atoms with Crippen LogP contribution in [0.2, 0.25) is 0 Å². The number of fused-ring (bicyclic) bond motifs is 1. The monoisotopic (exact) mass is 268 g/mol. The molecule has 1 aromatic heterocycles. The van der Waals surface area contributed by atoms with Crippen molar-refractivity contribution in [3.05, 3.63) is 41.9 Å². The van der Waals surface area contributed by atoms with Crippen LogP contribution in [0.1, 0.15) is 11.4 Å². The summed E-state index contributed by atoms with van der Waals surface area (Å²) in [6, 6.07) is 7.87. The summed E-state index contributed by atoms with van der Waals surface area (Å²) in [6.07, 6.45) is 2.87. The van der Waals surface area contributed by atoms with E-state index in [1.807, 2.05) is 24.3 Å². The van der Waals surface area contributed by atoms with E-state index < -0.39 is 0 Å². The smallest absolute Gasteiger partial charge is 0.231 e. The zero-order valence-electron chi connectivity index (χ0n) is 11.3. The molecule has 0 atom stereocenters. The maximum atomic E-state index is 11.7. The summed E-state index contributed by atoms with van der Waals surface area (Å²) in [4.78, 5) is 22.1. The molecular weight excluding hydrogens is 252 g/mol. The van der Waals surface area contributed by atoms with Crippen LogP contribution in [0.4, 0.5) is 5.69 Å². The lowest BCUT2D eigenvalue weighted by Crippen LogP contribution is -2.20. The van der Waals surface area contributed by atoms with Crippen LogP contribution in [-0.4, -0.2) is 29.5 Å². The van der Waals surface area contributed by atoms with Gasteiger partial charge in [0.05, 0.1) is 12.1 Å². The van der Waals surface area contributed by atoms with E-state index >= 15 is 0 Å². The molecule has 0 fully saturated rings. The van der Waals surface area contributed by atoms with E-state index in [-0.39, 0.29) is 5.91 Å². The summed E-state index contributed by atoms with van der Waals surface area (Å²) in [6.45, 7) is 0.535. The van der Waals surface area contributed by atoms with E-state index in [1.54, 1.807) is 18.1 Å². The summed E-state index contributed by atoms with van der Waals surface area (Å²) in [5.74, 6) is 0.877. The molecule has 5 heteroatoms. The summed E-state index contributed by atoms with van der Waals surface area (Å²) in [5, 5.41) is 0. The fourth-order valence-electron chi connectivity index (χ4n) is 2.44. The van der Waals surface area contributed by atoms with E-state index in [9.17, 15) is 4.79 Å². The number of likely N-dealkylation sites (N-methyl/N-ethyl adjacent to an activating group) is 1. The van der Waals surface area contributed by atoms with Gasteiger partial charge < -0.3 is 10.6 Å². The molecule has 0 spiro atoms. The minimum atomic E-state index is 0.128. The molecule has 0 aliphatic carbocycles. The van der Waals surface area contributed by atoms with Crippen LogP contribution in [-0.2, 0) is 17.6 Å². The van der Waals surface area contributed by atoms with Gasteiger partial charge in [0.1, 0.15) is 5.82 Å². The van der Waals surface area contributed by atoms with Crippen LogP contribution in [0.5, 0.6) is 0 Å². The second-order valence-electron chi connectivity index (χ2n) is 4.87. The van der Waals surface area contributed by atoms with Gasteiger partial charge >= 0.3 is 0 Å². The van der Waals surface area contributed by atoms with Crippen LogP contribution in [0.15, 0.2) is 30.5 Å². The molecule has 0 bridgehead atoms. The molecule has 0 unspecified atom stereocenters. The van der Waals surface area contributed by atoms with Crippen molar-refractivity contribution >= 4 is 11.6 Å². The first-order chi connectivity index (χ1) is 9.69. The largest absolute Gasteiger partial charge is 0.330 e. The fourth-order valence-corrected chi connectivity index (χ4v) is 2.44. The molecule has 0 radical (unpaired) electrons. The van der Waals surface area contributed by atoms with Gasteiger partial charge in [-0.2, -0.15) is 0 Å². The zero-order valence-corrected chi connectivity index (χ0v) is 11.3. The topological polar surface area (TPSA) is 72.1 Å². The minimum Gasteiger partial charge on any atom is -0.330 e. The molecule has 1 aromatic carbocycles. The first-order valence-corrected chi connectivity index (χ1v) is 6.61. The number of amides is 1. The third-order valence-corrected chi connectivity index (χ3v) is 3.53. The Labute approximate surface area is 117 Å². The molecule has 0 saturated carbocycles. The van der Waals surface area contributed by atoms with Crippen LogP contribution < -0.4 is 10.6 Å². The van der Waals surface area contributed by atoms with Crippen LogP contribution in [0.3, 0.4) is 0 Å². The lowest BCUT2D eigenvalue weighted by atomic mass is 10.1. The van der Waals surface area contributed by atoms with Crippen LogP contribution in [0.25, 0.3) is 11.3 Å². The average molecular weight is 268 g/mol. The highest BCUT2D eigenvalue weighted by molar-refractivity contribution is 6.01. The van der Waals surface area contributed by atoms with Gasteiger partial charge in [0.15, 0.2) is 0 Å². The molecule has 1 aliphatic rings. The van der Waals surface area contributed by atoms with Gasteiger partial charge in [-0.05, 0) is 30.3 Å². The molecular formula is C15H16N4O. The number of nitrogens with zero attached hydrogens (tertiary/aromatic N) is 3. The normalized spacial score (nSPS) is 13.7. The predicted molar refractivity (Wildman–Crippen MR) is 77.3 cm³/mol. The second-order valence-corrected chi connectivity index (χ2v) is 4.87. The Morgan fingerprint density at radius 3 is 3.00 bits per heavy atom. The van der Waals surface area contributed by atoms with Crippen molar-refractivity contribution in [1.82, 2.24) is 9.97 Å². The number of carbonyl (C=O) groups excluding carboxylic acids is 1. The lowest BCUT2D eigenvalue weighted by molar-refractivity contribution is -0.117. The van der Waals surface area contributed by atoms with Crippen molar-refractivity contribution in [3.63, 3.8) is 0 Å². The van der Waals surface area contributed by atoms with E-state index in [2.05, 4.69) is 9.97 Å².